The van der Waals surface area contributed by atoms with Crippen molar-refractivity contribution in [2.45, 2.75) is 6.42 Å². The number of pyridine rings is 1. The molecule has 0 unspecified atom stereocenters. The Morgan fingerprint density at radius 3 is 2.85 bits per heavy atom. The number of primary amides is 1. The molecule has 0 aromatic carbocycles. The van der Waals surface area contributed by atoms with Crippen LogP contribution in [-0.2, 0) is 4.79 Å². The van der Waals surface area contributed by atoms with E-state index in [1.165, 1.54) is 12.3 Å². The van der Waals surface area contributed by atoms with E-state index in [2.05, 4.69) is 16.8 Å². The van der Waals surface area contributed by atoms with Crippen LogP contribution in [0.5, 0.6) is 0 Å². The van der Waals surface area contributed by atoms with Crippen LogP contribution in [0.2, 0.25) is 0 Å². The van der Waals surface area contributed by atoms with Crippen molar-refractivity contribution < 1.29 is 4.79 Å². The number of aromatic nitrogens is 1. The summed E-state index contributed by atoms with van der Waals surface area (Å²) in [6.45, 7) is 0. The SMILES string of the molecule is NC(=O)CC#Cc1ccc(=O)[nH]c1. The van der Waals surface area contributed by atoms with Gasteiger partial charge in [0.1, 0.15) is 0 Å². The van der Waals surface area contributed by atoms with Gasteiger partial charge in [-0.1, -0.05) is 11.8 Å². The highest BCUT2D eigenvalue weighted by molar-refractivity contribution is 5.76. The maximum atomic E-state index is 10.6. The van der Waals surface area contributed by atoms with E-state index in [4.69, 9.17) is 5.73 Å². The minimum Gasteiger partial charge on any atom is -0.369 e. The van der Waals surface area contributed by atoms with Gasteiger partial charge in [0.2, 0.25) is 11.5 Å². The number of carbonyl (C=O) groups is 1. The summed E-state index contributed by atoms with van der Waals surface area (Å²) in [4.78, 5) is 23.4. The highest BCUT2D eigenvalue weighted by Crippen LogP contribution is 1.88. The average molecular weight is 176 g/mol. The highest BCUT2D eigenvalue weighted by atomic mass is 16.1. The van der Waals surface area contributed by atoms with Gasteiger partial charge in [-0.2, -0.15) is 0 Å². The zero-order chi connectivity index (χ0) is 9.68. The van der Waals surface area contributed by atoms with E-state index in [0.717, 1.165) is 0 Å². The van der Waals surface area contributed by atoms with Gasteiger partial charge < -0.3 is 10.7 Å². The largest absolute Gasteiger partial charge is 0.369 e. The number of H-pyrrole nitrogens is 1. The Labute approximate surface area is 74.8 Å². The van der Waals surface area contributed by atoms with Crippen molar-refractivity contribution in [3.8, 4) is 11.8 Å². The number of nitrogens with two attached hydrogens (primary N) is 1. The summed E-state index contributed by atoms with van der Waals surface area (Å²) in [6.07, 6.45) is 1.51. The van der Waals surface area contributed by atoms with Crippen molar-refractivity contribution in [3.05, 3.63) is 34.2 Å². The second kappa shape index (κ2) is 4.12. The number of rotatable bonds is 1. The summed E-state index contributed by atoms with van der Waals surface area (Å²) >= 11 is 0. The van der Waals surface area contributed by atoms with Crippen LogP contribution in [0, 0.1) is 11.8 Å². The molecule has 13 heavy (non-hydrogen) atoms. The quantitative estimate of drug-likeness (QED) is 0.571. The molecule has 1 amide bonds. The Kier molecular flexibility index (Phi) is 2.87. The zero-order valence-electron chi connectivity index (χ0n) is 6.83. The Balaban J connectivity index is 2.72. The molecule has 1 rings (SSSR count). The molecule has 0 aliphatic rings. The van der Waals surface area contributed by atoms with Gasteiger partial charge >= 0.3 is 0 Å². The lowest BCUT2D eigenvalue weighted by molar-refractivity contribution is -0.117. The topological polar surface area (TPSA) is 76.0 Å². The summed E-state index contributed by atoms with van der Waals surface area (Å²) < 4.78 is 0. The molecular formula is C9H8N2O2. The van der Waals surface area contributed by atoms with Gasteiger partial charge in [-0.25, -0.2) is 0 Å². The standard InChI is InChI=1S/C9H8N2O2/c10-8(12)3-1-2-7-4-5-9(13)11-6-7/h4-6H,3H2,(H2,10,12)(H,11,13). The minimum absolute atomic E-state index is 0.0269. The van der Waals surface area contributed by atoms with E-state index in [1.54, 1.807) is 6.07 Å². The van der Waals surface area contributed by atoms with Gasteiger partial charge in [0.25, 0.3) is 0 Å². The molecule has 0 atom stereocenters. The third kappa shape index (κ3) is 3.25. The maximum absolute atomic E-state index is 10.6. The summed E-state index contributed by atoms with van der Waals surface area (Å²) in [5.74, 6) is 4.80. The highest BCUT2D eigenvalue weighted by Gasteiger charge is 1.87. The van der Waals surface area contributed by atoms with Crippen molar-refractivity contribution >= 4 is 5.91 Å². The molecule has 1 aromatic heterocycles. The summed E-state index contributed by atoms with van der Waals surface area (Å²) in [5.41, 5.74) is 5.35. The van der Waals surface area contributed by atoms with Crippen LogP contribution in [-0.4, -0.2) is 10.9 Å². The second-order valence-corrected chi connectivity index (χ2v) is 2.39. The molecular weight excluding hydrogens is 168 g/mol. The molecule has 0 aliphatic heterocycles. The molecule has 0 spiro atoms. The van der Waals surface area contributed by atoms with E-state index in [1.807, 2.05) is 0 Å². The number of amides is 1. The van der Waals surface area contributed by atoms with E-state index in [9.17, 15) is 9.59 Å². The lowest BCUT2D eigenvalue weighted by Crippen LogP contribution is -2.08. The molecule has 66 valence electrons. The second-order valence-electron chi connectivity index (χ2n) is 2.39. The number of hydrogen-bond acceptors (Lipinski definition) is 2. The van der Waals surface area contributed by atoms with Crippen LogP contribution in [0.3, 0.4) is 0 Å². The number of hydrogen-bond donors (Lipinski definition) is 2. The first-order valence-corrected chi connectivity index (χ1v) is 3.64. The Morgan fingerprint density at radius 2 is 2.31 bits per heavy atom. The first kappa shape index (κ1) is 9.07. The zero-order valence-corrected chi connectivity index (χ0v) is 6.83. The van der Waals surface area contributed by atoms with Gasteiger partial charge in [0.05, 0.1) is 6.42 Å². The summed E-state index contributed by atoms with van der Waals surface area (Å²) in [7, 11) is 0. The Morgan fingerprint density at radius 1 is 1.54 bits per heavy atom. The van der Waals surface area contributed by atoms with Crippen molar-refractivity contribution in [2.75, 3.05) is 0 Å². The van der Waals surface area contributed by atoms with E-state index in [-0.39, 0.29) is 12.0 Å². The van der Waals surface area contributed by atoms with Gasteiger partial charge in [-0.3, -0.25) is 9.59 Å². The van der Waals surface area contributed by atoms with Crippen LogP contribution in [0.25, 0.3) is 0 Å². The Hall–Kier alpha value is -2.02. The number of aromatic amines is 1. The molecule has 1 aromatic rings. The number of carbonyl (C=O) groups excluding carboxylic acids is 1. The van der Waals surface area contributed by atoms with Gasteiger partial charge in [0.15, 0.2) is 0 Å². The summed E-state index contributed by atoms with van der Waals surface area (Å²) in [5, 5.41) is 0. The fraction of sp³-hybridized carbons (Fsp3) is 0.111. The first-order chi connectivity index (χ1) is 6.18. The maximum Gasteiger partial charge on any atom is 0.247 e. The average Bonchev–Trinajstić information content (AvgIpc) is 2.08. The molecule has 3 N–H and O–H groups in total. The van der Waals surface area contributed by atoms with Crippen LogP contribution >= 0.6 is 0 Å². The fourth-order valence-corrected chi connectivity index (χ4v) is 0.722. The molecule has 1 heterocycles. The van der Waals surface area contributed by atoms with Crippen LogP contribution in [0.4, 0.5) is 0 Å². The van der Waals surface area contributed by atoms with Crippen molar-refractivity contribution in [1.82, 2.24) is 4.98 Å². The molecule has 0 radical (unpaired) electrons. The third-order valence-electron chi connectivity index (χ3n) is 1.28. The van der Waals surface area contributed by atoms with Crippen molar-refractivity contribution in [1.29, 1.82) is 0 Å². The van der Waals surface area contributed by atoms with Crippen LogP contribution in [0.15, 0.2) is 23.1 Å². The van der Waals surface area contributed by atoms with E-state index in [0.29, 0.717) is 5.56 Å². The molecule has 0 bridgehead atoms. The molecule has 0 fully saturated rings. The molecule has 4 nitrogen and oxygen atoms in total. The van der Waals surface area contributed by atoms with Gasteiger partial charge in [0, 0.05) is 17.8 Å². The molecule has 0 aliphatic carbocycles. The number of nitrogens with one attached hydrogen (secondary N) is 1. The van der Waals surface area contributed by atoms with Crippen molar-refractivity contribution in [3.63, 3.8) is 0 Å². The molecule has 4 heteroatoms. The summed E-state index contributed by atoms with van der Waals surface area (Å²) in [6, 6.07) is 2.95. The first-order valence-electron chi connectivity index (χ1n) is 3.64. The van der Waals surface area contributed by atoms with Crippen LogP contribution < -0.4 is 11.3 Å². The predicted octanol–water partition coefficient (Wildman–Crippen LogP) is -0.398. The van der Waals surface area contributed by atoms with E-state index >= 15 is 0 Å². The van der Waals surface area contributed by atoms with Gasteiger partial charge in [-0.05, 0) is 6.07 Å². The fourth-order valence-electron chi connectivity index (χ4n) is 0.722. The molecule has 0 saturated heterocycles. The lowest BCUT2D eigenvalue weighted by atomic mass is 10.3. The van der Waals surface area contributed by atoms with Crippen LogP contribution in [0.1, 0.15) is 12.0 Å². The monoisotopic (exact) mass is 176 g/mol. The minimum atomic E-state index is -0.461. The smallest absolute Gasteiger partial charge is 0.247 e. The van der Waals surface area contributed by atoms with E-state index < -0.39 is 5.91 Å². The molecule has 0 saturated carbocycles. The Bertz CT molecular complexity index is 403. The normalized spacial score (nSPS) is 8.62. The third-order valence-corrected chi connectivity index (χ3v) is 1.28. The van der Waals surface area contributed by atoms with Crippen molar-refractivity contribution in [2.24, 2.45) is 5.73 Å². The lowest BCUT2D eigenvalue weighted by Gasteiger charge is -1.86. The van der Waals surface area contributed by atoms with Gasteiger partial charge in [-0.15, -0.1) is 0 Å². The predicted molar refractivity (Wildman–Crippen MR) is 47.8 cm³/mol.